The van der Waals surface area contributed by atoms with Crippen LogP contribution in [0.15, 0.2) is 24.3 Å². The molecule has 0 saturated carbocycles. The van der Waals surface area contributed by atoms with Crippen molar-refractivity contribution in [3.8, 4) is 0 Å². The fraction of sp³-hybridized carbons (Fsp3) is 0.500. The predicted octanol–water partition coefficient (Wildman–Crippen LogP) is 2.37. The van der Waals surface area contributed by atoms with Crippen LogP contribution in [-0.4, -0.2) is 19.7 Å². The minimum Gasteiger partial charge on any atom is -0.376 e. The number of benzene rings is 1. The Morgan fingerprint density at radius 1 is 1.44 bits per heavy atom. The highest BCUT2D eigenvalue weighted by atomic mass is 35.5. The lowest BCUT2D eigenvalue weighted by molar-refractivity contribution is 0.0923. The van der Waals surface area contributed by atoms with Crippen molar-refractivity contribution in [2.24, 2.45) is 5.92 Å². The molecule has 1 N–H and O–H groups in total. The van der Waals surface area contributed by atoms with Crippen molar-refractivity contribution in [3.05, 3.63) is 35.6 Å². The topological polar surface area (TPSA) is 21.3 Å². The van der Waals surface area contributed by atoms with Gasteiger partial charge in [0, 0.05) is 6.54 Å². The van der Waals surface area contributed by atoms with E-state index in [2.05, 4.69) is 5.32 Å². The second-order valence-corrected chi connectivity index (χ2v) is 4.00. The van der Waals surface area contributed by atoms with Crippen LogP contribution in [0.3, 0.4) is 0 Å². The van der Waals surface area contributed by atoms with Crippen molar-refractivity contribution in [2.75, 3.05) is 19.7 Å². The second kappa shape index (κ2) is 6.84. The van der Waals surface area contributed by atoms with Crippen LogP contribution in [-0.2, 0) is 11.3 Å². The maximum absolute atomic E-state index is 12.8. The number of hydrogen-bond donors (Lipinski definition) is 1. The van der Waals surface area contributed by atoms with Crippen molar-refractivity contribution < 1.29 is 9.13 Å². The van der Waals surface area contributed by atoms with Gasteiger partial charge in [0.05, 0.1) is 13.2 Å². The zero-order valence-corrected chi connectivity index (χ0v) is 9.93. The number of hydrogen-bond acceptors (Lipinski definition) is 2. The smallest absolute Gasteiger partial charge is 0.123 e. The van der Waals surface area contributed by atoms with Gasteiger partial charge in [-0.05, 0) is 36.6 Å². The zero-order chi connectivity index (χ0) is 10.5. The van der Waals surface area contributed by atoms with Crippen LogP contribution in [0, 0.1) is 11.7 Å². The molecular formula is C12H17ClFNO. The Hall–Kier alpha value is -0.640. The van der Waals surface area contributed by atoms with E-state index in [4.69, 9.17) is 4.74 Å². The van der Waals surface area contributed by atoms with Gasteiger partial charge in [-0.2, -0.15) is 0 Å². The number of nitrogens with one attached hydrogen (secondary N) is 1. The Morgan fingerprint density at radius 2 is 2.31 bits per heavy atom. The van der Waals surface area contributed by atoms with Gasteiger partial charge < -0.3 is 10.1 Å². The van der Waals surface area contributed by atoms with Crippen LogP contribution in [0.25, 0.3) is 0 Å². The van der Waals surface area contributed by atoms with Gasteiger partial charge in [0.2, 0.25) is 0 Å². The molecule has 1 aromatic rings. The molecule has 0 bridgehead atoms. The Bertz CT molecular complexity index is 316. The van der Waals surface area contributed by atoms with Gasteiger partial charge in [-0.25, -0.2) is 4.39 Å². The van der Waals surface area contributed by atoms with Gasteiger partial charge in [-0.3, -0.25) is 0 Å². The van der Waals surface area contributed by atoms with E-state index < -0.39 is 0 Å². The highest BCUT2D eigenvalue weighted by molar-refractivity contribution is 5.85. The number of ether oxygens (including phenoxy) is 1. The van der Waals surface area contributed by atoms with E-state index >= 15 is 0 Å². The fourth-order valence-corrected chi connectivity index (χ4v) is 1.83. The van der Waals surface area contributed by atoms with Crippen molar-refractivity contribution in [1.29, 1.82) is 0 Å². The van der Waals surface area contributed by atoms with Crippen LogP contribution in [0.1, 0.15) is 12.0 Å². The van der Waals surface area contributed by atoms with E-state index in [9.17, 15) is 4.39 Å². The molecule has 2 nitrogen and oxygen atoms in total. The lowest BCUT2D eigenvalue weighted by atomic mass is 10.1. The predicted molar refractivity (Wildman–Crippen MR) is 64.3 cm³/mol. The van der Waals surface area contributed by atoms with Crippen molar-refractivity contribution >= 4 is 12.4 Å². The van der Waals surface area contributed by atoms with Gasteiger partial charge in [-0.15, -0.1) is 12.4 Å². The molecule has 0 radical (unpaired) electrons. The standard InChI is InChI=1S/C12H16FNO.ClH/c13-12-3-1-2-10(6-12)8-15-9-11-4-5-14-7-11;/h1-3,6,11,14H,4-5,7-9H2;1H. The molecule has 1 aliphatic heterocycles. The Balaban J connectivity index is 0.00000128. The first-order valence-electron chi connectivity index (χ1n) is 5.37. The summed E-state index contributed by atoms with van der Waals surface area (Å²) in [5, 5.41) is 3.29. The van der Waals surface area contributed by atoms with Crippen LogP contribution < -0.4 is 5.32 Å². The molecule has 1 saturated heterocycles. The molecule has 0 aliphatic carbocycles. The van der Waals surface area contributed by atoms with E-state index in [-0.39, 0.29) is 18.2 Å². The highest BCUT2D eigenvalue weighted by Crippen LogP contribution is 2.10. The minimum atomic E-state index is -0.196. The second-order valence-electron chi connectivity index (χ2n) is 4.00. The first kappa shape index (κ1) is 13.4. The Labute approximate surface area is 102 Å². The maximum atomic E-state index is 12.8. The monoisotopic (exact) mass is 245 g/mol. The Morgan fingerprint density at radius 3 is 3.00 bits per heavy atom. The summed E-state index contributed by atoms with van der Waals surface area (Å²) in [6.45, 7) is 3.41. The van der Waals surface area contributed by atoms with Gasteiger partial charge in [0.15, 0.2) is 0 Å². The molecule has 1 fully saturated rings. The lowest BCUT2D eigenvalue weighted by Gasteiger charge is -2.09. The van der Waals surface area contributed by atoms with Crippen LogP contribution >= 0.6 is 12.4 Å². The first-order valence-corrected chi connectivity index (χ1v) is 5.37. The van der Waals surface area contributed by atoms with Crippen molar-refractivity contribution in [3.63, 3.8) is 0 Å². The van der Waals surface area contributed by atoms with Crippen LogP contribution in [0.4, 0.5) is 4.39 Å². The van der Waals surface area contributed by atoms with E-state index in [0.29, 0.717) is 12.5 Å². The fourth-order valence-electron chi connectivity index (χ4n) is 1.83. The van der Waals surface area contributed by atoms with Crippen molar-refractivity contribution in [2.45, 2.75) is 13.0 Å². The number of rotatable bonds is 4. The summed E-state index contributed by atoms with van der Waals surface area (Å²) in [5.41, 5.74) is 0.904. The molecule has 1 atom stereocenters. The molecule has 2 rings (SSSR count). The molecular weight excluding hydrogens is 229 g/mol. The van der Waals surface area contributed by atoms with Crippen LogP contribution in [0.2, 0.25) is 0 Å². The van der Waals surface area contributed by atoms with E-state index in [0.717, 1.165) is 25.3 Å². The molecule has 1 aliphatic rings. The maximum Gasteiger partial charge on any atom is 0.123 e. The summed E-state index contributed by atoms with van der Waals surface area (Å²) in [6.07, 6.45) is 1.18. The van der Waals surface area contributed by atoms with Gasteiger partial charge in [0.1, 0.15) is 5.82 Å². The SMILES string of the molecule is Cl.Fc1cccc(COCC2CCNC2)c1. The summed E-state index contributed by atoms with van der Waals surface area (Å²) >= 11 is 0. The highest BCUT2D eigenvalue weighted by Gasteiger charge is 2.13. The summed E-state index contributed by atoms with van der Waals surface area (Å²) in [6, 6.07) is 6.57. The quantitative estimate of drug-likeness (QED) is 0.880. The summed E-state index contributed by atoms with van der Waals surface area (Å²) in [5.74, 6) is 0.428. The first-order chi connectivity index (χ1) is 7.34. The minimum absolute atomic E-state index is 0. The lowest BCUT2D eigenvalue weighted by Crippen LogP contribution is -2.13. The number of halogens is 2. The normalized spacial score (nSPS) is 19.4. The molecule has 0 spiro atoms. The Kier molecular flexibility index (Phi) is 5.74. The summed E-state index contributed by atoms with van der Waals surface area (Å²) in [7, 11) is 0. The zero-order valence-electron chi connectivity index (χ0n) is 9.12. The molecule has 1 unspecified atom stereocenters. The van der Waals surface area contributed by atoms with Gasteiger partial charge >= 0.3 is 0 Å². The molecule has 0 amide bonds. The van der Waals surface area contributed by atoms with E-state index in [1.165, 1.54) is 18.6 Å². The third-order valence-electron chi connectivity index (χ3n) is 2.67. The third kappa shape index (κ3) is 4.08. The average Bonchev–Trinajstić information content (AvgIpc) is 2.71. The summed E-state index contributed by atoms with van der Waals surface area (Å²) in [4.78, 5) is 0. The molecule has 16 heavy (non-hydrogen) atoms. The summed E-state index contributed by atoms with van der Waals surface area (Å²) < 4.78 is 18.4. The van der Waals surface area contributed by atoms with E-state index in [1.807, 2.05) is 6.07 Å². The van der Waals surface area contributed by atoms with Crippen molar-refractivity contribution in [1.82, 2.24) is 5.32 Å². The molecule has 4 heteroatoms. The molecule has 1 heterocycles. The van der Waals surface area contributed by atoms with Crippen LogP contribution in [0.5, 0.6) is 0 Å². The van der Waals surface area contributed by atoms with Gasteiger partial charge in [-0.1, -0.05) is 12.1 Å². The van der Waals surface area contributed by atoms with Gasteiger partial charge in [0.25, 0.3) is 0 Å². The average molecular weight is 246 g/mol. The molecule has 90 valence electrons. The van der Waals surface area contributed by atoms with E-state index in [1.54, 1.807) is 6.07 Å². The third-order valence-corrected chi connectivity index (χ3v) is 2.67. The molecule has 0 aromatic heterocycles. The largest absolute Gasteiger partial charge is 0.376 e. The molecule has 1 aromatic carbocycles.